The van der Waals surface area contributed by atoms with E-state index in [9.17, 15) is 9.59 Å². The monoisotopic (exact) mass is 497 g/mol. The first kappa shape index (κ1) is 23.7. The number of rotatable bonds is 7. The molecule has 1 aromatic carbocycles. The number of carbonyl (C=O) groups excluding carboxylic acids is 2. The van der Waals surface area contributed by atoms with Gasteiger partial charge in [0.25, 0.3) is 0 Å². The summed E-state index contributed by atoms with van der Waals surface area (Å²) in [5, 5.41) is 12.9. The number of amides is 2. The normalized spacial score (nSPS) is 11.9. The van der Waals surface area contributed by atoms with Crippen molar-refractivity contribution >= 4 is 46.1 Å². The van der Waals surface area contributed by atoms with E-state index in [0.717, 1.165) is 22.2 Å². The standard InChI is InChI=1S/C24H24ClN5O3S/c1-13-9-14(2)30(29-13)16(4)23(32)28-20-7-6-17(10-19(20)25)26-22(31)11-18-12-34-24(27-18)21-8-5-15(3)33-21/h5-10,12,16H,11H2,1-4H3,(H,26,31)(H,28,32). The number of benzene rings is 1. The maximum absolute atomic E-state index is 12.7. The summed E-state index contributed by atoms with van der Waals surface area (Å²) in [7, 11) is 0. The van der Waals surface area contributed by atoms with Crippen LogP contribution in [0, 0.1) is 20.8 Å². The maximum Gasteiger partial charge on any atom is 0.248 e. The predicted octanol–water partition coefficient (Wildman–Crippen LogP) is 5.56. The molecule has 0 radical (unpaired) electrons. The molecule has 3 heterocycles. The van der Waals surface area contributed by atoms with Crippen LogP contribution in [0.2, 0.25) is 5.02 Å². The Hall–Kier alpha value is -3.43. The number of halogens is 1. The Kier molecular flexibility index (Phi) is 6.85. The van der Waals surface area contributed by atoms with Crippen LogP contribution in [0.3, 0.4) is 0 Å². The van der Waals surface area contributed by atoms with E-state index in [1.807, 2.05) is 44.4 Å². The second kappa shape index (κ2) is 9.82. The zero-order valence-electron chi connectivity index (χ0n) is 19.2. The maximum atomic E-state index is 12.7. The van der Waals surface area contributed by atoms with Gasteiger partial charge >= 0.3 is 0 Å². The van der Waals surface area contributed by atoms with Crippen LogP contribution in [0.15, 0.2) is 46.2 Å². The number of thiazole rings is 1. The van der Waals surface area contributed by atoms with Crippen molar-refractivity contribution in [2.75, 3.05) is 10.6 Å². The largest absolute Gasteiger partial charge is 0.459 e. The molecule has 176 valence electrons. The number of nitrogens with one attached hydrogen (secondary N) is 2. The van der Waals surface area contributed by atoms with Crippen LogP contribution in [-0.4, -0.2) is 26.6 Å². The van der Waals surface area contributed by atoms with Gasteiger partial charge in [-0.2, -0.15) is 5.10 Å². The van der Waals surface area contributed by atoms with Gasteiger partial charge in [-0.15, -0.1) is 11.3 Å². The molecule has 1 unspecified atom stereocenters. The molecular formula is C24H24ClN5O3S. The zero-order valence-corrected chi connectivity index (χ0v) is 20.8. The van der Waals surface area contributed by atoms with Crippen LogP contribution in [0.5, 0.6) is 0 Å². The molecule has 10 heteroatoms. The molecule has 4 rings (SSSR count). The van der Waals surface area contributed by atoms with Crippen LogP contribution in [0.25, 0.3) is 10.8 Å². The highest BCUT2D eigenvalue weighted by Crippen LogP contribution is 2.28. The first-order valence-electron chi connectivity index (χ1n) is 10.6. The van der Waals surface area contributed by atoms with Gasteiger partial charge in [0.1, 0.15) is 11.8 Å². The Morgan fingerprint density at radius 2 is 1.94 bits per heavy atom. The molecule has 0 saturated heterocycles. The average Bonchev–Trinajstić information content (AvgIpc) is 3.49. The van der Waals surface area contributed by atoms with E-state index in [-0.39, 0.29) is 18.2 Å². The Morgan fingerprint density at radius 3 is 2.59 bits per heavy atom. The van der Waals surface area contributed by atoms with Crippen molar-refractivity contribution in [1.29, 1.82) is 0 Å². The number of carbonyl (C=O) groups is 2. The van der Waals surface area contributed by atoms with E-state index in [1.54, 1.807) is 29.8 Å². The number of aryl methyl sites for hydroxylation is 3. The summed E-state index contributed by atoms with van der Waals surface area (Å²) in [4.78, 5) is 29.7. The number of hydrogen-bond donors (Lipinski definition) is 2. The van der Waals surface area contributed by atoms with Crippen LogP contribution >= 0.6 is 22.9 Å². The Balaban J connectivity index is 1.36. The highest BCUT2D eigenvalue weighted by atomic mass is 35.5. The van der Waals surface area contributed by atoms with E-state index < -0.39 is 6.04 Å². The molecule has 2 N–H and O–H groups in total. The summed E-state index contributed by atoms with van der Waals surface area (Å²) >= 11 is 7.79. The molecule has 0 bridgehead atoms. The van der Waals surface area contributed by atoms with E-state index in [4.69, 9.17) is 16.0 Å². The molecule has 1 atom stereocenters. The quantitative estimate of drug-likeness (QED) is 0.348. The van der Waals surface area contributed by atoms with Crippen molar-refractivity contribution in [2.24, 2.45) is 0 Å². The van der Waals surface area contributed by atoms with Gasteiger partial charge in [0.15, 0.2) is 10.8 Å². The minimum absolute atomic E-state index is 0.118. The van der Waals surface area contributed by atoms with Gasteiger partial charge in [-0.25, -0.2) is 4.98 Å². The topological polar surface area (TPSA) is 102 Å². The summed E-state index contributed by atoms with van der Waals surface area (Å²) in [6.07, 6.45) is 0.118. The fourth-order valence-electron chi connectivity index (χ4n) is 3.50. The Bertz CT molecular complexity index is 1360. The van der Waals surface area contributed by atoms with Crippen LogP contribution in [0.1, 0.15) is 35.8 Å². The molecule has 0 spiro atoms. The first-order chi connectivity index (χ1) is 16.2. The lowest BCUT2D eigenvalue weighted by Gasteiger charge is -2.16. The average molecular weight is 498 g/mol. The van der Waals surface area contributed by atoms with Crippen molar-refractivity contribution in [3.05, 3.63) is 69.6 Å². The summed E-state index contributed by atoms with van der Waals surface area (Å²) in [6.45, 7) is 7.42. The number of furan rings is 1. The second-order valence-corrected chi connectivity index (χ2v) is 9.28. The summed E-state index contributed by atoms with van der Waals surface area (Å²) in [5.41, 5.74) is 3.38. The third-order valence-corrected chi connectivity index (χ3v) is 6.36. The number of aromatic nitrogens is 3. The molecule has 2 amide bonds. The number of nitrogens with zero attached hydrogens (tertiary/aromatic N) is 3. The Morgan fingerprint density at radius 1 is 1.15 bits per heavy atom. The van der Waals surface area contributed by atoms with Crippen LogP contribution in [0.4, 0.5) is 11.4 Å². The third kappa shape index (κ3) is 5.37. The predicted molar refractivity (Wildman–Crippen MR) is 133 cm³/mol. The molecule has 0 aliphatic heterocycles. The molecule has 0 aliphatic rings. The minimum atomic E-state index is -0.503. The first-order valence-corrected chi connectivity index (χ1v) is 11.9. The van der Waals surface area contributed by atoms with Crippen molar-refractivity contribution < 1.29 is 14.0 Å². The van der Waals surface area contributed by atoms with Gasteiger partial charge in [0.05, 0.1) is 28.5 Å². The lowest BCUT2D eigenvalue weighted by Crippen LogP contribution is -2.25. The molecule has 0 saturated carbocycles. The molecular weight excluding hydrogens is 474 g/mol. The van der Waals surface area contributed by atoms with Crippen molar-refractivity contribution in [3.63, 3.8) is 0 Å². The van der Waals surface area contributed by atoms with Gasteiger partial charge < -0.3 is 15.1 Å². The van der Waals surface area contributed by atoms with Gasteiger partial charge in [0, 0.05) is 16.8 Å². The van der Waals surface area contributed by atoms with E-state index in [1.165, 1.54) is 11.3 Å². The molecule has 0 fully saturated rings. The SMILES string of the molecule is Cc1cc(C)n(C(C)C(=O)Nc2ccc(NC(=O)Cc3csc(-c4ccc(C)o4)n3)cc2Cl)n1. The summed E-state index contributed by atoms with van der Waals surface area (Å²) in [6, 6.07) is 10.1. The molecule has 4 aromatic rings. The number of anilines is 2. The van der Waals surface area contributed by atoms with E-state index in [0.29, 0.717) is 27.9 Å². The van der Waals surface area contributed by atoms with Crippen molar-refractivity contribution in [1.82, 2.24) is 14.8 Å². The summed E-state index contributed by atoms with van der Waals surface area (Å²) in [5.74, 6) is 1.03. The van der Waals surface area contributed by atoms with E-state index in [2.05, 4.69) is 20.7 Å². The second-order valence-electron chi connectivity index (χ2n) is 8.01. The fraction of sp³-hybridized carbons (Fsp3) is 0.250. The highest BCUT2D eigenvalue weighted by Gasteiger charge is 2.19. The van der Waals surface area contributed by atoms with Crippen molar-refractivity contribution in [3.8, 4) is 10.8 Å². The van der Waals surface area contributed by atoms with Gasteiger partial charge in [-0.05, 0) is 64.1 Å². The zero-order chi connectivity index (χ0) is 24.4. The molecule has 3 aromatic heterocycles. The molecule has 34 heavy (non-hydrogen) atoms. The van der Waals surface area contributed by atoms with Crippen LogP contribution in [-0.2, 0) is 16.0 Å². The third-order valence-electron chi connectivity index (χ3n) is 5.15. The smallest absolute Gasteiger partial charge is 0.248 e. The lowest BCUT2D eigenvalue weighted by molar-refractivity contribution is -0.119. The molecule has 8 nitrogen and oxygen atoms in total. The van der Waals surface area contributed by atoms with Crippen LogP contribution < -0.4 is 10.6 Å². The molecule has 0 aliphatic carbocycles. The summed E-state index contributed by atoms with van der Waals surface area (Å²) < 4.78 is 7.25. The minimum Gasteiger partial charge on any atom is -0.459 e. The van der Waals surface area contributed by atoms with Gasteiger partial charge in [-0.3, -0.25) is 14.3 Å². The Labute approximate surface area is 206 Å². The van der Waals surface area contributed by atoms with Gasteiger partial charge in [0.2, 0.25) is 11.8 Å². The highest BCUT2D eigenvalue weighted by molar-refractivity contribution is 7.13. The van der Waals surface area contributed by atoms with Crippen molar-refractivity contribution in [2.45, 2.75) is 40.2 Å². The fourth-order valence-corrected chi connectivity index (χ4v) is 4.51. The van der Waals surface area contributed by atoms with Gasteiger partial charge in [-0.1, -0.05) is 11.6 Å². The lowest BCUT2D eigenvalue weighted by atomic mass is 10.2. The number of hydrogen-bond acceptors (Lipinski definition) is 6. The van der Waals surface area contributed by atoms with E-state index >= 15 is 0 Å².